The van der Waals surface area contributed by atoms with E-state index < -0.39 is 0 Å². The van der Waals surface area contributed by atoms with E-state index in [-0.39, 0.29) is 6.79 Å². The third kappa shape index (κ3) is 2.63. The molecule has 0 radical (unpaired) electrons. The summed E-state index contributed by atoms with van der Waals surface area (Å²) in [5, 5.41) is 0. The summed E-state index contributed by atoms with van der Waals surface area (Å²) in [5.74, 6) is 2.26. The van der Waals surface area contributed by atoms with Crippen LogP contribution < -0.4 is 14.2 Å². The number of aromatic nitrogens is 1. The molecule has 20 heavy (non-hydrogen) atoms. The molecule has 0 amide bonds. The molecule has 1 aromatic carbocycles. The minimum Gasteiger partial charge on any atom is -0.495 e. The Balaban J connectivity index is 1.88. The van der Waals surface area contributed by atoms with E-state index in [0.717, 1.165) is 32.8 Å². The molecule has 0 atom stereocenters. The van der Waals surface area contributed by atoms with Gasteiger partial charge in [0.05, 0.1) is 13.3 Å². The predicted octanol–water partition coefficient (Wildman–Crippen LogP) is 3.75. The average Bonchev–Trinajstić information content (AvgIpc) is 2.92. The van der Waals surface area contributed by atoms with Crippen LogP contribution in [-0.2, 0) is 0 Å². The molecule has 2 heterocycles. The summed E-state index contributed by atoms with van der Waals surface area (Å²) in [5.41, 5.74) is 1.98. The molecular weight excluding hydrogens is 322 g/mol. The Kier molecular flexibility index (Phi) is 3.60. The molecule has 4 nitrogen and oxygen atoms in total. The van der Waals surface area contributed by atoms with Gasteiger partial charge in [0.1, 0.15) is 5.75 Å². The van der Waals surface area contributed by atoms with Gasteiger partial charge in [-0.25, -0.2) is 0 Å². The van der Waals surface area contributed by atoms with Gasteiger partial charge >= 0.3 is 0 Å². The quantitative estimate of drug-likeness (QED) is 0.857. The van der Waals surface area contributed by atoms with E-state index in [4.69, 9.17) is 14.2 Å². The Morgan fingerprint density at radius 3 is 2.75 bits per heavy atom. The van der Waals surface area contributed by atoms with Crippen molar-refractivity contribution in [1.29, 1.82) is 0 Å². The molecule has 1 aromatic heterocycles. The lowest BCUT2D eigenvalue weighted by Gasteiger charge is -2.02. The van der Waals surface area contributed by atoms with Crippen molar-refractivity contribution in [3.8, 4) is 17.2 Å². The molecule has 5 heteroatoms. The number of fused-ring (bicyclic) bond motifs is 1. The highest BCUT2D eigenvalue weighted by Gasteiger charge is 2.15. The maximum atomic E-state index is 5.37. The normalized spacial score (nSPS) is 12.9. The van der Waals surface area contributed by atoms with Crippen molar-refractivity contribution in [3.63, 3.8) is 0 Å². The van der Waals surface area contributed by atoms with Gasteiger partial charge in [0.2, 0.25) is 6.79 Å². The number of hydrogen-bond acceptors (Lipinski definition) is 4. The van der Waals surface area contributed by atoms with E-state index in [1.165, 1.54) is 0 Å². The number of hydrogen-bond donors (Lipinski definition) is 0. The van der Waals surface area contributed by atoms with Crippen LogP contribution in [0.1, 0.15) is 11.1 Å². The largest absolute Gasteiger partial charge is 0.495 e. The monoisotopic (exact) mass is 333 g/mol. The number of ether oxygens (including phenoxy) is 3. The number of rotatable bonds is 3. The molecule has 0 spiro atoms. The van der Waals surface area contributed by atoms with Crippen LogP contribution in [0.3, 0.4) is 0 Å². The Bertz CT molecular complexity index is 670. The number of nitrogens with zero attached hydrogens (tertiary/aromatic N) is 1. The van der Waals surface area contributed by atoms with Crippen LogP contribution in [0.2, 0.25) is 0 Å². The maximum Gasteiger partial charge on any atom is 0.231 e. The van der Waals surface area contributed by atoms with Gasteiger partial charge in [-0.05, 0) is 29.3 Å². The summed E-state index contributed by atoms with van der Waals surface area (Å²) >= 11 is 3.52. The smallest absolute Gasteiger partial charge is 0.231 e. The van der Waals surface area contributed by atoms with Gasteiger partial charge in [0, 0.05) is 10.7 Å². The summed E-state index contributed by atoms with van der Waals surface area (Å²) in [6.45, 7) is 0.273. The van der Waals surface area contributed by atoms with Crippen LogP contribution >= 0.6 is 15.9 Å². The molecule has 1 aliphatic rings. The van der Waals surface area contributed by atoms with Gasteiger partial charge in [-0.2, -0.15) is 0 Å². The van der Waals surface area contributed by atoms with Gasteiger partial charge in [-0.3, -0.25) is 4.98 Å². The molecular formula is C15H12BrNO3. The number of methoxy groups -OCH3 is 1. The summed E-state index contributed by atoms with van der Waals surface area (Å²) in [7, 11) is 1.62. The van der Waals surface area contributed by atoms with E-state index in [1.54, 1.807) is 19.5 Å². The highest BCUT2D eigenvalue weighted by molar-refractivity contribution is 9.10. The van der Waals surface area contributed by atoms with Crippen LogP contribution in [0.15, 0.2) is 35.1 Å². The zero-order valence-corrected chi connectivity index (χ0v) is 12.4. The van der Waals surface area contributed by atoms with E-state index >= 15 is 0 Å². The van der Waals surface area contributed by atoms with Gasteiger partial charge in [-0.1, -0.05) is 28.1 Å². The second kappa shape index (κ2) is 5.54. The highest BCUT2D eigenvalue weighted by atomic mass is 79.9. The molecule has 0 fully saturated rings. The first kappa shape index (κ1) is 13.0. The van der Waals surface area contributed by atoms with Crippen molar-refractivity contribution in [2.24, 2.45) is 0 Å². The SMILES string of the molecule is COc1cncc(/C=C\c2cc3c(cc2Br)OCO3)c1. The highest BCUT2D eigenvalue weighted by Crippen LogP contribution is 2.37. The van der Waals surface area contributed by atoms with E-state index in [2.05, 4.69) is 20.9 Å². The fourth-order valence-electron chi connectivity index (χ4n) is 1.88. The first-order chi connectivity index (χ1) is 9.76. The van der Waals surface area contributed by atoms with Crippen LogP contribution in [0, 0.1) is 0 Å². The Hall–Kier alpha value is -2.01. The molecule has 0 aliphatic carbocycles. The van der Waals surface area contributed by atoms with Gasteiger partial charge in [0.15, 0.2) is 11.5 Å². The Morgan fingerprint density at radius 1 is 1.15 bits per heavy atom. The summed E-state index contributed by atoms with van der Waals surface area (Å²) in [6.07, 6.45) is 7.41. The predicted molar refractivity (Wildman–Crippen MR) is 80.0 cm³/mol. The minimum atomic E-state index is 0.273. The van der Waals surface area contributed by atoms with Crippen LogP contribution in [0.5, 0.6) is 17.2 Å². The molecule has 1 aliphatic heterocycles. The van der Waals surface area contributed by atoms with Crippen LogP contribution in [0.25, 0.3) is 12.2 Å². The van der Waals surface area contributed by atoms with Crippen molar-refractivity contribution >= 4 is 28.1 Å². The summed E-state index contributed by atoms with van der Waals surface area (Å²) in [6, 6.07) is 5.77. The van der Waals surface area contributed by atoms with Gasteiger partial charge in [-0.15, -0.1) is 0 Å². The number of pyridine rings is 1. The lowest BCUT2D eigenvalue weighted by atomic mass is 10.1. The average molecular weight is 334 g/mol. The van der Waals surface area contributed by atoms with Gasteiger partial charge in [0.25, 0.3) is 0 Å². The molecule has 0 bridgehead atoms. The second-order valence-corrected chi connectivity index (χ2v) is 5.07. The van der Waals surface area contributed by atoms with E-state index in [9.17, 15) is 0 Å². The van der Waals surface area contributed by atoms with Crippen molar-refractivity contribution in [3.05, 3.63) is 46.2 Å². The molecule has 0 N–H and O–H groups in total. The van der Waals surface area contributed by atoms with Crippen molar-refractivity contribution < 1.29 is 14.2 Å². The van der Waals surface area contributed by atoms with Crippen LogP contribution in [0.4, 0.5) is 0 Å². The van der Waals surface area contributed by atoms with Gasteiger partial charge < -0.3 is 14.2 Å². The standard InChI is InChI=1S/C15H12BrNO3/c1-18-12-4-10(7-17-8-12)2-3-11-5-14-15(6-13(11)16)20-9-19-14/h2-8H,9H2,1H3/b3-2-. The zero-order valence-electron chi connectivity index (χ0n) is 10.8. The third-order valence-electron chi connectivity index (χ3n) is 2.92. The van der Waals surface area contributed by atoms with E-state index in [0.29, 0.717) is 0 Å². The lowest BCUT2D eigenvalue weighted by Crippen LogP contribution is -1.92. The number of benzene rings is 1. The maximum absolute atomic E-state index is 5.37. The second-order valence-electron chi connectivity index (χ2n) is 4.22. The zero-order chi connectivity index (χ0) is 13.9. The molecule has 0 saturated heterocycles. The molecule has 3 rings (SSSR count). The summed E-state index contributed by atoms with van der Waals surface area (Å²) in [4.78, 5) is 4.12. The molecule has 102 valence electrons. The van der Waals surface area contributed by atoms with Crippen molar-refractivity contribution in [2.45, 2.75) is 0 Å². The van der Waals surface area contributed by atoms with Crippen LogP contribution in [-0.4, -0.2) is 18.9 Å². The first-order valence-corrected chi connectivity index (χ1v) is 6.82. The summed E-state index contributed by atoms with van der Waals surface area (Å²) < 4.78 is 16.8. The molecule has 0 unspecified atom stereocenters. The van der Waals surface area contributed by atoms with Crippen molar-refractivity contribution in [2.75, 3.05) is 13.9 Å². The Labute approximate surface area is 125 Å². The minimum absolute atomic E-state index is 0.273. The topological polar surface area (TPSA) is 40.6 Å². The first-order valence-electron chi connectivity index (χ1n) is 6.02. The Morgan fingerprint density at radius 2 is 1.95 bits per heavy atom. The number of halogens is 1. The lowest BCUT2D eigenvalue weighted by molar-refractivity contribution is 0.174. The fourth-order valence-corrected chi connectivity index (χ4v) is 2.34. The fraction of sp³-hybridized carbons (Fsp3) is 0.133. The van der Waals surface area contributed by atoms with E-state index in [1.807, 2.05) is 30.4 Å². The molecule has 0 saturated carbocycles. The molecule has 2 aromatic rings. The van der Waals surface area contributed by atoms with Crippen molar-refractivity contribution in [1.82, 2.24) is 4.98 Å². The third-order valence-corrected chi connectivity index (χ3v) is 3.60.